The Hall–Kier alpha value is -1.69. The molecule has 0 saturated carbocycles. The Labute approximate surface area is 123 Å². The van der Waals surface area contributed by atoms with Gasteiger partial charge in [0.15, 0.2) is 0 Å². The molecule has 0 saturated heterocycles. The topological polar surface area (TPSA) is 69.6 Å². The van der Waals surface area contributed by atoms with Gasteiger partial charge in [-0.3, -0.25) is 0 Å². The van der Waals surface area contributed by atoms with Crippen LogP contribution in [0.1, 0.15) is 22.3 Å². The van der Waals surface area contributed by atoms with Gasteiger partial charge in [-0.25, -0.2) is 9.59 Å². The Morgan fingerprint density at radius 1 is 1.30 bits per heavy atom. The van der Waals surface area contributed by atoms with E-state index in [9.17, 15) is 9.59 Å². The maximum atomic E-state index is 11.8. The van der Waals surface area contributed by atoms with Crippen LogP contribution in [0.4, 0.5) is 4.79 Å². The zero-order valence-electron chi connectivity index (χ0n) is 11.8. The predicted molar refractivity (Wildman–Crippen MR) is 81.3 cm³/mol. The number of nitrogens with zero attached hydrogens (tertiary/aromatic N) is 1. The average Bonchev–Trinajstić information content (AvgIpc) is 2.44. The number of aromatic carboxylic acids is 1. The molecule has 6 heteroatoms. The van der Waals surface area contributed by atoms with E-state index in [1.165, 1.54) is 0 Å². The highest BCUT2D eigenvalue weighted by atomic mass is 32.2. The van der Waals surface area contributed by atoms with Crippen LogP contribution in [0.15, 0.2) is 24.3 Å². The molecular weight excluding hydrogens is 276 g/mol. The third-order valence-corrected chi connectivity index (χ3v) is 3.47. The molecule has 20 heavy (non-hydrogen) atoms. The van der Waals surface area contributed by atoms with Crippen LogP contribution in [-0.4, -0.2) is 47.6 Å². The highest BCUT2D eigenvalue weighted by Gasteiger charge is 2.09. The third kappa shape index (κ3) is 5.52. The van der Waals surface area contributed by atoms with Gasteiger partial charge in [0, 0.05) is 20.1 Å². The molecular formula is C14H20N2O3S. The van der Waals surface area contributed by atoms with Crippen molar-refractivity contribution in [2.75, 3.05) is 25.6 Å². The van der Waals surface area contributed by atoms with E-state index in [4.69, 9.17) is 5.11 Å². The molecule has 0 aliphatic rings. The third-order valence-electron chi connectivity index (χ3n) is 2.77. The standard InChI is InChI=1S/C14H20N2O3S/c1-16(14(19)15-8-3-9-20-2)10-11-4-6-12(7-5-11)13(17)18/h4-7H,3,8-10H2,1-2H3,(H,15,19)(H,17,18). The van der Waals surface area contributed by atoms with Crippen molar-refractivity contribution in [1.82, 2.24) is 10.2 Å². The van der Waals surface area contributed by atoms with Gasteiger partial charge in [-0.1, -0.05) is 12.1 Å². The van der Waals surface area contributed by atoms with Gasteiger partial charge in [0.1, 0.15) is 0 Å². The number of amides is 2. The molecule has 0 spiro atoms. The lowest BCUT2D eigenvalue weighted by Crippen LogP contribution is -2.37. The van der Waals surface area contributed by atoms with Gasteiger partial charge in [0.25, 0.3) is 0 Å². The highest BCUT2D eigenvalue weighted by Crippen LogP contribution is 2.07. The molecule has 0 bridgehead atoms. The van der Waals surface area contributed by atoms with Gasteiger partial charge < -0.3 is 15.3 Å². The van der Waals surface area contributed by atoms with E-state index >= 15 is 0 Å². The van der Waals surface area contributed by atoms with Crippen LogP contribution in [0.2, 0.25) is 0 Å². The second-order valence-electron chi connectivity index (χ2n) is 4.44. The van der Waals surface area contributed by atoms with Crippen LogP contribution < -0.4 is 5.32 Å². The van der Waals surface area contributed by atoms with E-state index < -0.39 is 5.97 Å². The first-order valence-corrected chi connectivity index (χ1v) is 7.74. The summed E-state index contributed by atoms with van der Waals surface area (Å²) in [6.45, 7) is 1.12. The summed E-state index contributed by atoms with van der Waals surface area (Å²) in [5.41, 5.74) is 1.15. The summed E-state index contributed by atoms with van der Waals surface area (Å²) in [5, 5.41) is 11.7. The predicted octanol–water partition coefficient (Wildman–Crippen LogP) is 2.28. The minimum absolute atomic E-state index is 0.117. The molecule has 0 aliphatic carbocycles. The van der Waals surface area contributed by atoms with Crippen LogP contribution in [-0.2, 0) is 6.54 Å². The molecule has 0 unspecified atom stereocenters. The SMILES string of the molecule is CSCCCNC(=O)N(C)Cc1ccc(C(=O)O)cc1. The number of hydrogen-bond acceptors (Lipinski definition) is 3. The Morgan fingerprint density at radius 2 is 1.95 bits per heavy atom. The second kappa shape index (κ2) is 8.47. The summed E-state index contributed by atoms with van der Waals surface area (Å²) in [4.78, 5) is 24.1. The van der Waals surface area contributed by atoms with Crippen molar-refractivity contribution in [3.8, 4) is 0 Å². The summed E-state index contributed by atoms with van der Waals surface area (Å²) in [6.07, 6.45) is 2.99. The first kappa shape index (κ1) is 16.4. The quantitative estimate of drug-likeness (QED) is 0.757. The summed E-state index contributed by atoms with van der Waals surface area (Å²) in [6, 6.07) is 6.42. The van der Waals surface area contributed by atoms with Crippen molar-refractivity contribution in [3.63, 3.8) is 0 Å². The van der Waals surface area contributed by atoms with Gasteiger partial charge in [0.2, 0.25) is 0 Å². The zero-order valence-corrected chi connectivity index (χ0v) is 12.6. The minimum atomic E-state index is -0.948. The van der Waals surface area contributed by atoms with E-state index in [1.807, 2.05) is 6.26 Å². The van der Waals surface area contributed by atoms with Crippen LogP contribution in [0.3, 0.4) is 0 Å². The lowest BCUT2D eigenvalue weighted by molar-refractivity contribution is 0.0697. The van der Waals surface area contributed by atoms with Gasteiger partial charge in [0.05, 0.1) is 5.56 Å². The molecule has 1 aromatic carbocycles. The molecule has 0 aromatic heterocycles. The number of nitrogens with one attached hydrogen (secondary N) is 1. The molecule has 1 rings (SSSR count). The first-order chi connectivity index (χ1) is 9.54. The maximum absolute atomic E-state index is 11.8. The smallest absolute Gasteiger partial charge is 0.335 e. The molecule has 2 amide bonds. The number of carboxylic acid groups (broad SMARTS) is 1. The number of hydrogen-bond donors (Lipinski definition) is 2. The molecule has 0 radical (unpaired) electrons. The first-order valence-electron chi connectivity index (χ1n) is 6.34. The minimum Gasteiger partial charge on any atom is -0.478 e. The summed E-state index contributed by atoms with van der Waals surface area (Å²) in [7, 11) is 1.72. The summed E-state index contributed by atoms with van der Waals surface area (Å²) in [5.74, 6) is 0.0807. The number of carbonyl (C=O) groups excluding carboxylic acids is 1. The molecule has 2 N–H and O–H groups in total. The Morgan fingerprint density at radius 3 is 2.50 bits per heavy atom. The Balaban J connectivity index is 2.42. The van der Waals surface area contributed by atoms with Gasteiger partial charge in [-0.05, 0) is 36.1 Å². The van der Waals surface area contributed by atoms with E-state index in [-0.39, 0.29) is 11.6 Å². The van der Waals surface area contributed by atoms with Crippen molar-refractivity contribution in [2.24, 2.45) is 0 Å². The number of benzene rings is 1. The lowest BCUT2D eigenvalue weighted by atomic mass is 10.1. The lowest BCUT2D eigenvalue weighted by Gasteiger charge is -2.18. The normalized spacial score (nSPS) is 10.1. The van der Waals surface area contributed by atoms with Crippen molar-refractivity contribution >= 4 is 23.8 Å². The van der Waals surface area contributed by atoms with E-state index in [1.54, 1.807) is 48.0 Å². The Bertz CT molecular complexity index is 448. The maximum Gasteiger partial charge on any atom is 0.335 e. The molecule has 5 nitrogen and oxygen atoms in total. The summed E-state index contributed by atoms with van der Waals surface area (Å²) >= 11 is 1.76. The molecule has 0 atom stereocenters. The largest absolute Gasteiger partial charge is 0.478 e. The van der Waals surface area contributed by atoms with Crippen LogP contribution >= 0.6 is 11.8 Å². The van der Waals surface area contributed by atoms with Crippen LogP contribution in [0.5, 0.6) is 0 Å². The molecule has 1 aromatic rings. The van der Waals surface area contributed by atoms with Crippen molar-refractivity contribution in [3.05, 3.63) is 35.4 Å². The fourth-order valence-electron chi connectivity index (χ4n) is 1.65. The number of thioether (sulfide) groups is 1. The average molecular weight is 296 g/mol. The van der Waals surface area contributed by atoms with Crippen LogP contribution in [0, 0.1) is 0 Å². The van der Waals surface area contributed by atoms with Crippen molar-refractivity contribution in [2.45, 2.75) is 13.0 Å². The zero-order chi connectivity index (χ0) is 15.0. The fraction of sp³-hybridized carbons (Fsp3) is 0.429. The summed E-state index contributed by atoms with van der Waals surface area (Å²) < 4.78 is 0. The van der Waals surface area contributed by atoms with Gasteiger partial charge in [-0.2, -0.15) is 11.8 Å². The highest BCUT2D eigenvalue weighted by molar-refractivity contribution is 7.98. The second-order valence-corrected chi connectivity index (χ2v) is 5.42. The number of urea groups is 1. The van der Waals surface area contributed by atoms with Crippen LogP contribution in [0.25, 0.3) is 0 Å². The number of rotatable bonds is 7. The molecule has 0 heterocycles. The molecule has 0 aliphatic heterocycles. The number of carbonyl (C=O) groups is 2. The van der Waals surface area contributed by atoms with Crippen molar-refractivity contribution < 1.29 is 14.7 Å². The monoisotopic (exact) mass is 296 g/mol. The Kier molecular flexibility index (Phi) is 6.93. The van der Waals surface area contributed by atoms with E-state index in [0.717, 1.165) is 17.7 Å². The molecule has 110 valence electrons. The number of carboxylic acids is 1. The van der Waals surface area contributed by atoms with Gasteiger partial charge in [-0.15, -0.1) is 0 Å². The van der Waals surface area contributed by atoms with E-state index in [2.05, 4.69) is 5.32 Å². The van der Waals surface area contributed by atoms with E-state index in [0.29, 0.717) is 13.1 Å². The molecule has 0 fully saturated rings. The fourth-order valence-corrected chi connectivity index (χ4v) is 2.08. The van der Waals surface area contributed by atoms with Crippen molar-refractivity contribution in [1.29, 1.82) is 0 Å². The van der Waals surface area contributed by atoms with Gasteiger partial charge >= 0.3 is 12.0 Å².